The molecule has 0 saturated heterocycles. The van der Waals surface area contributed by atoms with E-state index in [1.54, 1.807) is 12.1 Å². The van der Waals surface area contributed by atoms with E-state index in [0.717, 1.165) is 19.3 Å². The standard InChI is InChI=1S/C36H51N3O7/c1-2-3-4-5-6-7-8-9-10-11-12-13-14-15-16-20-32(40)37-29-23-21-27(22-24-29)34(43)39-31(26-33(41)42)35(44)38-30-19-17-18-28(25-30)36(45)46/h17-19,21-25,31H,2-16,20,26H2,1H3,(H,37,40)(H,38,44)(H,39,43)(H,41,42)(H,45,46)/t31-/m0/s1. The average Bonchev–Trinajstić information content (AvgIpc) is 3.02. The zero-order valence-electron chi connectivity index (χ0n) is 27.2. The minimum absolute atomic E-state index is 0.0568. The predicted octanol–water partition coefficient (Wildman–Crippen LogP) is 7.80. The summed E-state index contributed by atoms with van der Waals surface area (Å²) in [5.74, 6) is -4.06. The first-order chi connectivity index (χ1) is 22.2. The molecule has 0 fully saturated rings. The fraction of sp³-hybridized carbons (Fsp3) is 0.528. The lowest BCUT2D eigenvalue weighted by Gasteiger charge is -2.17. The molecule has 1 atom stereocenters. The zero-order valence-corrected chi connectivity index (χ0v) is 27.2. The molecule has 0 radical (unpaired) electrons. The van der Waals surface area contributed by atoms with E-state index < -0.39 is 36.2 Å². The lowest BCUT2D eigenvalue weighted by molar-refractivity contribution is -0.139. The van der Waals surface area contributed by atoms with Crippen LogP contribution in [0.5, 0.6) is 0 Å². The maximum atomic E-state index is 12.8. The molecule has 0 bridgehead atoms. The number of anilines is 2. The van der Waals surface area contributed by atoms with Crippen molar-refractivity contribution < 1.29 is 34.2 Å². The van der Waals surface area contributed by atoms with Gasteiger partial charge in [0.25, 0.3) is 5.91 Å². The van der Waals surface area contributed by atoms with E-state index in [0.29, 0.717) is 12.1 Å². The maximum Gasteiger partial charge on any atom is 0.335 e. The van der Waals surface area contributed by atoms with Gasteiger partial charge in [-0.1, -0.05) is 103 Å². The number of carbonyl (C=O) groups excluding carboxylic acids is 3. The number of benzene rings is 2. The minimum atomic E-state index is -1.41. The number of hydrogen-bond acceptors (Lipinski definition) is 5. The van der Waals surface area contributed by atoms with Crippen LogP contribution in [0.3, 0.4) is 0 Å². The number of carbonyl (C=O) groups is 5. The molecule has 0 aliphatic carbocycles. The molecule has 10 heteroatoms. The lowest BCUT2D eigenvalue weighted by atomic mass is 10.0. The molecule has 252 valence electrons. The summed E-state index contributed by atoms with van der Waals surface area (Å²) >= 11 is 0. The number of carboxylic acid groups (broad SMARTS) is 2. The first-order valence-corrected chi connectivity index (χ1v) is 16.8. The number of unbranched alkanes of at least 4 members (excludes halogenated alkanes) is 14. The van der Waals surface area contributed by atoms with Crippen molar-refractivity contribution in [2.75, 3.05) is 10.6 Å². The van der Waals surface area contributed by atoms with Crippen molar-refractivity contribution >= 4 is 41.0 Å². The molecule has 46 heavy (non-hydrogen) atoms. The molecular weight excluding hydrogens is 586 g/mol. The Morgan fingerprint density at radius 3 is 1.70 bits per heavy atom. The molecule has 0 saturated carbocycles. The van der Waals surface area contributed by atoms with Gasteiger partial charge in [0.15, 0.2) is 0 Å². The summed E-state index contributed by atoms with van der Waals surface area (Å²) in [6.07, 6.45) is 18.7. The molecule has 10 nitrogen and oxygen atoms in total. The van der Waals surface area contributed by atoms with Crippen LogP contribution in [0.15, 0.2) is 48.5 Å². The molecule has 0 aliphatic heterocycles. The third-order valence-corrected chi connectivity index (χ3v) is 7.82. The number of nitrogens with one attached hydrogen (secondary N) is 3. The fourth-order valence-electron chi connectivity index (χ4n) is 5.17. The highest BCUT2D eigenvalue weighted by Crippen LogP contribution is 2.16. The molecule has 0 aliphatic rings. The lowest BCUT2D eigenvalue weighted by Crippen LogP contribution is -2.45. The summed E-state index contributed by atoms with van der Waals surface area (Å²) < 4.78 is 0. The number of hydrogen-bond donors (Lipinski definition) is 5. The topological polar surface area (TPSA) is 162 Å². The van der Waals surface area contributed by atoms with Crippen LogP contribution >= 0.6 is 0 Å². The normalized spacial score (nSPS) is 11.4. The van der Waals surface area contributed by atoms with Crippen molar-refractivity contribution in [1.82, 2.24) is 5.32 Å². The molecule has 0 spiro atoms. The maximum absolute atomic E-state index is 12.8. The Labute approximate surface area is 272 Å². The second-order valence-electron chi connectivity index (χ2n) is 11.8. The Kier molecular flexibility index (Phi) is 18.4. The Hall–Kier alpha value is -4.21. The van der Waals surface area contributed by atoms with Gasteiger partial charge in [-0.05, 0) is 48.9 Å². The number of aromatic carboxylic acids is 1. The van der Waals surface area contributed by atoms with Crippen molar-refractivity contribution in [3.63, 3.8) is 0 Å². The second kappa shape index (κ2) is 22.3. The van der Waals surface area contributed by atoms with Gasteiger partial charge in [-0.2, -0.15) is 0 Å². The third-order valence-electron chi connectivity index (χ3n) is 7.82. The van der Waals surface area contributed by atoms with E-state index in [2.05, 4.69) is 22.9 Å². The monoisotopic (exact) mass is 637 g/mol. The van der Waals surface area contributed by atoms with E-state index in [4.69, 9.17) is 5.11 Å². The van der Waals surface area contributed by atoms with E-state index >= 15 is 0 Å². The smallest absolute Gasteiger partial charge is 0.335 e. The van der Waals surface area contributed by atoms with Crippen molar-refractivity contribution in [2.45, 2.75) is 122 Å². The van der Waals surface area contributed by atoms with Gasteiger partial charge in [-0.25, -0.2) is 4.79 Å². The van der Waals surface area contributed by atoms with Crippen LogP contribution < -0.4 is 16.0 Å². The number of rotatable bonds is 24. The first kappa shape index (κ1) is 38.0. The minimum Gasteiger partial charge on any atom is -0.481 e. The summed E-state index contributed by atoms with van der Waals surface area (Å²) in [5, 5.41) is 26.1. The molecular formula is C36H51N3O7. The quantitative estimate of drug-likeness (QED) is 0.0734. The van der Waals surface area contributed by atoms with Crippen LogP contribution in [0.25, 0.3) is 0 Å². The Balaban J connectivity index is 1.66. The van der Waals surface area contributed by atoms with Gasteiger partial charge in [-0.15, -0.1) is 0 Å². The van der Waals surface area contributed by atoms with Crippen LogP contribution in [0, 0.1) is 0 Å². The summed E-state index contributed by atoms with van der Waals surface area (Å²) in [4.78, 5) is 60.4. The van der Waals surface area contributed by atoms with Crippen molar-refractivity contribution in [2.24, 2.45) is 0 Å². The largest absolute Gasteiger partial charge is 0.481 e. The number of carboxylic acids is 2. The third kappa shape index (κ3) is 16.2. The molecule has 2 aromatic rings. The Morgan fingerprint density at radius 1 is 0.630 bits per heavy atom. The predicted molar refractivity (Wildman–Crippen MR) is 180 cm³/mol. The van der Waals surface area contributed by atoms with Crippen LogP contribution in [-0.2, 0) is 14.4 Å². The molecule has 0 aromatic heterocycles. The average molecular weight is 638 g/mol. The van der Waals surface area contributed by atoms with Gasteiger partial charge in [0.05, 0.1) is 12.0 Å². The molecule has 2 rings (SSSR count). The summed E-state index contributed by atoms with van der Waals surface area (Å²) in [6, 6.07) is 10.2. The summed E-state index contributed by atoms with van der Waals surface area (Å²) in [5.41, 5.74) is 0.801. The van der Waals surface area contributed by atoms with Crippen molar-refractivity contribution in [3.8, 4) is 0 Å². The molecule has 2 aromatic carbocycles. The van der Waals surface area contributed by atoms with Crippen molar-refractivity contribution in [1.29, 1.82) is 0 Å². The highest BCUT2D eigenvalue weighted by molar-refractivity contribution is 6.03. The van der Waals surface area contributed by atoms with E-state index in [1.807, 2.05) is 0 Å². The first-order valence-electron chi connectivity index (χ1n) is 16.8. The van der Waals surface area contributed by atoms with Gasteiger partial charge in [0, 0.05) is 23.4 Å². The zero-order chi connectivity index (χ0) is 33.6. The molecule has 0 heterocycles. The Bertz CT molecular complexity index is 1250. The van der Waals surface area contributed by atoms with Crippen LogP contribution in [0.2, 0.25) is 0 Å². The summed E-state index contributed by atoms with van der Waals surface area (Å²) in [6.45, 7) is 2.25. The van der Waals surface area contributed by atoms with E-state index in [9.17, 15) is 29.1 Å². The van der Waals surface area contributed by atoms with Crippen LogP contribution in [0.4, 0.5) is 11.4 Å². The molecule has 0 unspecified atom stereocenters. The van der Waals surface area contributed by atoms with Gasteiger partial charge in [-0.3, -0.25) is 19.2 Å². The van der Waals surface area contributed by atoms with Crippen molar-refractivity contribution in [3.05, 3.63) is 59.7 Å². The Morgan fingerprint density at radius 2 is 1.17 bits per heavy atom. The van der Waals surface area contributed by atoms with Gasteiger partial charge < -0.3 is 26.2 Å². The van der Waals surface area contributed by atoms with Gasteiger partial charge in [0.2, 0.25) is 11.8 Å². The highest BCUT2D eigenvalue weighted by Gasteiger charge is 2.25. The number of aliphatic carboxylic acids is 1. The second-order valence-corrected chi connectivity index (χ2v) is 11.8. The summed E-state index contributed by atoms with van der Waals surface area (Å²) in [7, 11) is 0. The number of amides is 3. The van der Waals surface area contributed by atoms with Crippen LogP contribution in [-0.4, -0.2) is 45.9 Å². The molecule has 3 amide bonds. The van der Waals surface area contributed by atoms with E-state index in [-0.39, 0.29) is 22.7 Å². The molecule has 5 N–H and O–H groups in total. The highest BCUT2D eigenvalue weighted by atomic mass is 16.4. The van der Waals surface area contributed by atoms with Crippen LogP contribution in [0.1, 0.15) is 137 Å². The fourth-order valence-corrected chi connectivity index (χ4v) is 5.17. The van der Waals surface area contributed by atoms with Gasteiger partial charge in [0.1, 0.15) is 6.04 Å². The van der Waals surface area contributed by atoms with Gasteiger partial charge >= 0.3 is 11.9 Å². The van der Waals surface area contributed by atoms with E-state index in [1.165, 1.54) is 113 Å². The SMILES string of the molecule is CCCCCCCCCCCCCCCCCC(=O)Nc1ccc(C(=O)N[C@@H](CC(=O)O)C(=O)Nc2cccc(C(=O)O)c2)cc1.